The lowest BCUT2D eigenvalue weighted by atomic mass is 10.3. The maximum atomic E-state index is 5.57. The molecule has 5 heteroatoms. The van der Waals surface area contributed by atoms with Crippen LogP contribution in [-0.2, 0) is 0 Å². The standard InChI is InChI=1S/C11H12N2OS2/c1-7(2)6-16-11-13-12-10(14-11)9-8(3)4-5-15-9/h4-5H,1,6H2,2-3H3. The van der Waals surface area contributed by atoms with Crippen LogP contribution in [0.25, 0.3) is 10.8 Å². The lowest BCUT2D eigenvalue weighted by Gasteiger charge is -1.93. The van der Waals surface area contributed by atoms with Gasteiger partial charge in [-0.3, -0.25) is 0 Å². The minimum absolute atomic E-state index is 0.603. The summed E-state index contributed by atoms with van der Waals surface area (Å²) in [5.41, 5.74) is 2.27. The molecule has 0 saturated carbocycles. The largest absolute Gasteiger partial charge is 0.410 e. The van der Waals surface area contributed by atoms with E-state index in [2.05, 4.69) is 16.8 Å². The van der Waals surface area contributed by atoms with Crippen LogP contribution in [0.5, 0.6) is 0 Å². The van der Waals surface area contributed by atoms with Crippen molar-refractivity contribution in [3.8, 4) is 10.8 Å². The average molecular weight is 252 g/mol. The van der Waals surface area contributed by atoms with Gasteiger partial charge in [-0.1, -0.05) is 23.9 Å². The Morgan fingerprint density at radius 3 is 3.00 bits per heavy atom. The first-order chi connectivity index (χ1) is 7.66. The Hall–Kier alpha value is -1.07. The smallest absolute Gasteiger partial charge is 0.277 e. The molecular formula is C11H12N2OS2. The van der Waals surface area contributed by atoms with E-state index in [1.165, 1.54) is 17.3 Å². The monoisotopic (exact) mass is 252 g/mol. The third-order valence-electron chi connectivity index (χ3n) is 1.90. The fourth-order valence-corrected chi connectivity index (χ4v) is 2.59. The summed E-state index contributed by atoms with van der Waals surface area (Å²) in [6.07, 6.45) is 0. The summed E-state index contributed by atoms with van der Waals surface area (Å²) in [7, 11) is 0. The van der Waals surface area contributed by atoms with Gasteiger partial charge in [0.2, 0.25) is 0 Å². The predicted octanol–water partition coefficient (Wildman–Crippen LogP) is 3.77. The fourth-order valence-electron chi connectivity index (χ4n) is 1.14. The number of hydrogen-bond donors (Lipinski definition) is 0. The summed E-state index contributed by atoms with van der Waals surface area (Å²) in [6.45, 7) is 7.85. The van der Waals surface area contributed by atoms with Gasteiger partial charge in [-0.25, -0.2) is 0 Å². The van der Waals surface area contributed by atoms with Gasteiger partial charge >= 0.3 is 0 Å². The Kier molecular flexibility index (Phi) is 3.46. The maximum Gasteiger partial charge on any atom is 0.277 e. The second-order valence-electron chi connectivity index (χ2n) is 3.55. The van der Waals surface area contributed by atoms with Crippen LogP contribution >= 0.6 is 23.1 Å². The summed E-state index contributed by atoms with van der Waals surface area (Å²) < 4.78 is 5.57. The quantitative estimate of drug-likeness (QED) is 0.613. The Labute approximate surface area is 103 Å². The van der Waals surface area contributed by atoms with Crippen LogP contribution in [0.15, 0.2) is 33.2 Å². The highest BCUT2D eigenvalue weighted by atomic mass is 32.2. The van der Waals surface area contributed by atoms with Crippen LogP contribution < -0.4 is 0 Å². The number of rotatable bonds is 4. The van der Waals surface area contributed by atoms with E-state index in [1.807, 2.05) is 25.3 Å². The third-order valence-corrected chi connectivity index (χ3v) is 3.96. The number of thiophene rings is 1. The minimum Gasteiger partial charge on any atom is -0.410 e. The molecule has 0 unspecified atom stereocenters. The van der Waals surface area contributed by atoms with E-state index >= 15 is 0 Å². The van der Waals surface area contributed by atoms with Crippen LogP contribution in [0.3, 0.4) is 0 Å². The molecule has 84 valence electrons. The fraction of sp³-hybridized carbons (Fsp3) is 0.273. The van der Waals surface area contributed by atoms with Crippen molar-refractivity contribution in [2.45, 2.75) is 19.1 Å². The van der Waals surface area contributed by atoms with Crippen molar-refractivity contribution in [3.05, 3.63) is 29.2 Å². The van der Waals surface area contributed by atoms with Gasteiger partial charge in [0.25, 0.3) is 11.1 Å². The van der Waals surface area contributed by atoms with Gasteiger partial charge in [0.15, 0.2) is 0 Å². The molecule has 0 saturated heterocycles. The van der Waals surface area contributed by atoms with Gasteiger partial charge < -0.3 is 4.42 Å². The third kappa shape index (κ3) is 2.54. The highest BCUT2D eigenvalue weighted by Gasteiger charge is 2.12. The molecule has 16 heavy (non-hydrogen) atoms. The molecule has 0 aliphatic heterocycles. The van der Waals surface area contributed by atoms with E-state index in [0.717, 1.165) is 16.2 Å². The van der Waals surface area contributed by atoms with Gasteiger partial charge in [-0.2, -0.15) is 0 Å². The summed E-state index contributed by atoms with van der Waals surface area (Å²) in [5.74, 6) is 1.42. The Bertz CT molecular complexity index is 502. The lowest BCUT2D eigenvalue weighted by Crippen LogP contribution is -1.78. The van der Waals surface area contributed by atoms with Crippen molar-refractivity contribution < 1.29 is 4.42 Å². The normalized spacial score (nSPS) is 10.6. The highest BCUT2D eigenvalue weighted by Crippen LogP contribution is 2.30. The summed E-state index contributed by atoms with van der Waals surface area (Å²) in [5, 5.41) is 10.7. The van der Waals surface area contributed by atoms with Gasteiger partial charge in [0, 0.05) is 5.75 Å². The molecule has 0 atom stereocenters. The topological polar surface area (TPSA) is 38.9 Å². The molecule has 0 fully saturated rings. The molecule has 3 nitrogen and oxygen atoms in total. The molecular weight excluding hydrogens is 240 g/mol. The van der Waals surface area contributed by atoms with Crippen LogP contribution in [0.1, 0.15) is 12.5 Å². The van der Waals surface area contributed by atoms with Crippen molar-refractivity contribution in [2.75, 3.05) is 5.75 Å². The molecule has 0 aliphatic rings. The first-order valence-electron chi connectivity index (χ1n) is 4.82. The first-order valence-corrected chi connectivity index (χ1v) is 6.68. The Balaban J connectivity index is 2.14. The van der Waals surface area contributed by atoms with Crippen LogP contribution in [0.2, 0.25) is 0 Å². The molecule has 2 heterocycles. The molecule has 0 aromatic carbocycles. The van der Waals surface area contributed by atoms with Crippen LogP contribution in [0, 0.1) is 6.92 Å². The van der Waals surface area contributed by atoms with E-state index < -0.39 is 0 Å². The second kappa shape index (κ2) is 4.84. The molecule has 0 bridgehead atoms. The highest BCUT2D eigenvalue weighted by molar-refractivity contribution is 7.99. The summed E-state index contributed by atoms with van der Waals surface area (Å²) in [4.78, 5) is 1.05. The van der Waals surface area contributed by atoms with Crippen molar-refractivity contribution in [1.82, 2.24) is 10.2 Å². The SMILES string of the molecule is C=C(C)CSc1nnc(-c2sccc2C)o1. The maximum absolute atomic E-state index is 5.57. The molecule has 0 N–H and O–H groups in total. The van der Waals surface area contributed by atoms with E-state index in [9.17, 15) is 0 Å². The Morgan fingerprint density at radius 2 is 2.38 bits per heavy atom. The van der Waals surface area contributed by atoms with Gasteiger partial charge in [0.05, 0.1) is 4.88 Å². The number of aromatic nitrogens is 2. The summed E-state index contributed by atoms with van der Waals surface area (Å²) >= 11 is 3.13. The lowest BCUT2D eigenvalue weighted by molar-refractivity contribution is 0.467. The zero-order valence-corrected chi connectivity index (χ0v) is 10.8. The van der Waals surface area contributed by atoms with Gasteiger partial charge in [-0.05, 0) is 30.9 Å². The summed E-state index contributed by atoms with van der Waals surface area (Å²) in [6, 6.07) is 2.05. The molecule has 2 aromatic heterocycles. The van der Waals surface area contributed by atoms with Gasteiger partial charge in [0.1, 0.15) is 0 Å². The van der Waals surface area contributed by atoms with Gasteiger partial charge in [-0.15, -0.1) is 21.5 Å². The van der Waals surface area contributed by atoms with Crippen LogP contribution in [-0.4, -0.2) is 16.0 Å². The zero-order chi connectivity index (χ0) is 11.5. The van der Waals surface area contributed by atoms with Crippen molar-refractivity contribution >= 4 is 23.1 Å². The second-order valence-corrected chi connectivity index (χ2v) is 5.39. The molecule has 0 spiro atoms. The Morgan fingerprint density at radius 1 is 1.56 bits per heavy atom. The minimum atomic E-state index is 0.603. The molecule has 2 rings (SSSR count). The molecule has 0 amide bonds. The van der Waals surface area contributed by atoms with E-state index in [0.29, 0.717) is 11.1 Å². The van der Waals surface area contributed by atoms with Crippen molar-refractivity contribution in [2.24, 2.45) is 0 Å². The van der Waals surface area contributed by atoms with E-state index in [4.69, 9.17) is 4.42 Å². The molecule has 2 aromatic rings. The molecule has 0 aliphatic carbocycles. The number of hydrogen-bond acceptors (Lipinski definition) is 5. The van der Waals surface area contributed by atoms with Crippen molar-refractivity contribution in [3.63, 3.8) is 0 Å². The van der Waals surface area contributed by atoms with Crippen molar-refractivity contribution in [1.29, 1.82) is 0 Å². The van der Waals surface area contributed by atoms with E-state index in [-0.39, 0.29) is 0 Å². The predicted molar refractivity (Wildman–Crippen MR) is 67.9 cm³/mol. The average Bonchev–Trinajstić information content (AvgIpc) is 2.83. The number of aryl methyl sites for hydroxylation is 1. The zero-order valence-electron chi connectivity index (χ0n) is 9.19. The van der Waals surface area contributed by atoms with Crippen LogP contribution in [0.4, 0.5) is 0 Å². The number of nitrogens with zero attached hydrogens (tertiary/aromatic N) is 2. The van der Waals surface area contributed by atoms with E-state index in [1.54, 1.807) is 11.3 Å². The number of thioether (sulfide) groups is 1. The first kappa shape index (κ1) is 11.4. The molecule has 0 radical (unpaired) electrons.